The SMILES string of the molecule is COc1ccc(CCNC(=O)CN2C(=O)N[C@]3(CCc4ccccc43)C2=O)cc1. The third kappa shape index (κ3) is 3.44. The molecule has 1 aliphatic heterocycles. The number of fused-ring (bicyclic) bond motifs is 2. The molecule has 2 aromatic carbocycles. The lowest BCUT2D eigenvalue weighted by molar-refractivity contribution is -0.135. The third-order valence-electron chi connectivity index (χ3n) is 5.62. The molecular formula is C22H23N3O4. The minimum absolute atomic E-state index is 0.281. The maximum absolute atomic E-state index is 13.0. The van der Waals surface area contributed by atoms with Gasteiger partial charge in [0.25, 0.3) is 5.91 Å². The highest BCUT2D eigenvalue weighted by Gasteiger charge is 2.55. The average molecular weight is 393 g/mol. The Morgan fingerprint density at radius 2 is 1.93 bits per heavy atom. The number of methoxy groups -OCH3 is 1. The van der Waals surface area contributed by atoms with Gasteiger partial charge in [-0.15, -0.1) is 0 Å². The number of nitrogens with zero attached hydrogens (tertiary/aromatic N) is 1. The molecule has 0 radical (unpaired) electrons. The minimum atomic E-state index is -1.03. The Hall–Kier alpha value is -3.35. The van der Waals surface area contributed by atoms with Crippen molar-refractivity contribution in [2.75, 3.05) is 20.2 Å². The standard InChI is InChI=1S/C22H23N3O4/c1-29-17-8-6-15(7-9-17)11-13-23-19(26)14-25-20(27)22(24-21(25)28)12-10-16-4-2-3-5-18(16)22/h2-9H,10-14H2,1H3,(H,23,26)(H,24,28)/t22-/m0/s1. The minimum Gasteiger partial charge on any atom is -0.497 e. The smallest absolute Gasteiger partial charge is 0.325 e. The number of amides is 4. The van der Waals surface area contributed by atoms with Gasteiger partial charge in [0.05, 0.1) is 7.11 Å². The fraction of sp³-hybridized carbons (Fsp3) is 0.318. The number of hydrogen-bond donors (Lipinski definition) is 2. The van der Waals surface area contributed by atoms with Gasteiger partial charge in [-0.2, -0.15) is 0 Å². The summed E-state index contributed by atoms with van der Waals surface area (Å²) in [5, 5.41) is 5.61. The second kappa shape index (κ2) is 7.58. The van der Waals surface area contributed by atoms with E-state index in [0.717, 1.165) is 33.8 Å². The Balaban J connectivity index is 1.35. The highest BCUT2D eigenvalue weighted by molar-refractivity contribution is 6.09. The van der Waals surface area contributed by atoms with Crippen LogP contribution in [0.2, 0.25) is 0 Å². The molecule has 1 fully saturated rings. The Kier molecular flexibility index (Phi) is 4.96. The summed E-state index contributed by atoms with van der Waals surface area (Å²) in [6.45, 7) is 0.139. The Morgan fingerprint density at radius 3 is 2.69 bits per heavy atom. The zero-order valence-electron chi connectivity index (χ0n) is 16.2. The van der Waals surface area contributed by atoms with Crippen molar-refractivity contribution in [1.29, 1.82) is 0 Å². The molecule has 7 nitrogen and oxygen atoms in total. The van der Waals surface area contributed by atoms with Gasteiger partial charge < -0.3 is 15.4 Å². The van der Waals surface area contributed by atoms with E-state index in [1.807, 2.05) is 48.5 Å². The monoisotopic (exact) mass is 393 g/mol. The first kappa shape index (κ1) is 19.0. The van der Waals surface area contributed by atoms with Gasteiger partial charge in [-0.3, -0.25) is 14.5 Å². The molecule has 0 bridgehead atoms. The van der Waals surface area contributed by atoms with E-state index < -0.39 is 11.6 Å². The van der Waals surface area contributed by atoms with E-state index in [-0.39, 0.29) is 18.4 Å². The van der Waals surface area contributed by atoms with Crippen molar-refractivity contribution in [1.82, 2.24) is 15.5 Å². The number of imide groups is 1. The average Bonchev–Trinajstić information content (AvgIpc) is 3.22. The molecule has 1 spiro atoms. The van der Waals surface area contributed by atoms with Crippen molar-refractivity contribution in [3.05, 3.63) is 65.2 Å². The summed E-state index contributed by atoms with van der Waals surface area (Å²) in [5.74, 6) is 0.0712. The number of carbonyl (C=O) groups excluding carboxylic acids is 3. The summed E-state index contributed by atoms with van der Waals surface area (Å²) in [7, 11) is 1.61. The number of rotatable bonds is 6. The molecule has 0 aromatic heterocycles. The number of nitrogens with one attached hydrogen (secondary N) is 2. The Bertz CT molecular complexity index is 957. The molecule has 1 aliphatic carbocycles. The van der Waals surface area contributed by atoms with Gasteiger partial charge in [0.2, 0.25) is 5.91 Å². The number of ether oxygens (including phenoxy) is 1. The van der Waals surface area contributed by atoms with Crippen LogP contribution in [0.5, 0.6) is 5.75 Å². The second-order valence-corrected chi connectivity index (χ2v) is 7.33. The van der Waals surface area contributed by atoms with Crippen LogP contribution in [0.1, 0.15) is 23.1 Å². The predicted molar refractivity (Wildman–Crippen MR) is 106 cm³/mol. The van der Waals surface area contributed by atoms with Crippen molar-refractivity contribution >= 4 is 17.8 Å². The van der Waals surface area contributed by atoms with Gasteiger partial charge in [0.15, 0.2) is 0 Å². The van der Waals surface area contributed by atoms with E-state index >= 15 is 0 Å². The fourth-order valence-corrected chi connectivity index (χ4v) is 4.07. The van der Waals surface area contributed by atoms with Crippen LogP contribution in [0, 0.1) is 0 Å². The topological polar surface area (TPSA) is 87.7 Å². The molecule has 29 heavy (non-hydrogen) atoms. The van der Waals surface area contributed by atoms with Crippen molar-refractivity contribution < 1.29 is 19.1 Å². The van der Waals surface area contributed by atoms with E-state index in [1.54, 1.807) is 7.11 Å². The van der Waals surface area contributed by atoms with Crippen LogP contribution in [0.25, 0.3) is 0 Å². The Labute approximate surface area is 169 Å². The predicted octanol–water partition coefficient (Wildman–Crippen LogP) is 1.75. The number of hydrogen-bond acceptors (Lipinski definition) is 4. The highest BCUT2D eigenvalue weighted by atomic mass is 16.5. The zero-order chi connectivity index (χ0) is 20.4. The van der Waals surface area contributed by atoms with Crippen LogP contribution in [-0.4, -0.2) is 42.9 Å². The van der Waals surface area contributed by atoms with Crippen LogP contribution in [0.15, 0.2) is 48.5 Å². The van der Waals surface area contributed by atoms with E-state index in [2.05, 4.69) is 10.6 Å². The molecule has 1 atom stereocenters. The van der Waals surface area contributed by atoms with Gasteiger partial charge in [-0.05, 0) is 48.1 Å². The van der Waals surface area contributed by atoms with Gasteiger partial charge in [0, 0.05) is 6.54 Å². The van der Waals surface area contributed by atoms with Crippen LogP contribution in [0.3, 0.4) is 0 Å². The molecular weight excluding hydrogens is 370 g/mol. The molecule has 4 amide bonds. The summed E-state index contributed by atoms with van der Waals surface area (Å²) in [6.07, 6.45) is 1.89. The molecule has 1 heterocycles. The van der Waals surface area contributed by atoms with Crippen molar-refractivity contribution in [3.8, 4) is 5.75 Å². The first-order valence-electron chi connectivity index (χ1n) is 9.65. The maximum Gasteiger partial charge on any atom is 0.325 e. The highest BCUT2D eigenvalue weighted by Crippen LogP contribution is 2.41. The molecule has 0 saturated carbocycles. The summed E-state index contributed by atoms with van der Waals surface area (Å²) >= 11 is 0. The first-order chi connectivity index (χ1) is 14.0. The number of carbonyl (C=O) groups is 3. The lowest BCUT2D eigenvalue weighted by atomic mass is 9.92. The molecule has 1 saturated heterocycles. The maximum atomic E-state index is 13.0. The van der Waals surface area contributed by atoms with Gasteiger partial charge in [-0.25, -0.2) is 4.79 Å². The normalized spacial score (nSPS) is 20.0. The lowest BCUT2D eigenvalue weighted by Gasteiger charge is -2.22. The zero-order valence-corrected chi connectivity index (χ0v) is 16.2. The van der Waals surface area contributed by atoms with E-state index in [4.69, 9.17) is 4.74 Å². The van der Waals surface area contributed by atoms with Gasteiger partial charge >= 0.3 is 6.03 Å². The first-order valence-corrected chi connectivity index (χ1v) is 9.65. The van der Waals surface area contributed by atoms with Crippen LogP contribution >= 0.6 is 0 Å². The van der Waals surface area contributed by atoms with Gasteiger partial charge in [0.1, 0.15) is 17.8 Å². The summed E-state index contributed by atoms with van der Waals surface area (Å²) < 4.78 is 5.12. The quantitative estimate of drug-likeness (QED) is 0.732. The van der Waals surface area contributed by atoms with Crippen LogP contribution in [-0.2, 0) is 28.0 Å². The van der Waals surface area contributed by atoms with Crippen molar-refractivity contribution in [2.45, 2.75) is 24.8 Å². The van der Waals surface area contributed by atoms with Gasteiger partial charge in [-0.1, -0.05) is 36.4 Å². The fourth-order valence-electron chi connectivity index (χ4n) is 4.07. The number of urea groups is 1. The Morgan fingerprint density at radius 1 is 1.17 bits per heavy atom. The molecule has 2 aromatic rings. The molecule has 2 aliphatic rings. The van der Waals surface area contributed by atoms with Crippen molar-refractivity contribution in [3.63, 3.8) is 0 Å². The second-order valence-electron chi connectivity index (χ2n) is 7.33. The van der Waals surface area contributed by atoms with Crippen LogP contribution < -0.4 is 15.4 Å². The number of benzene rings is 2. The molecule has 150 valence electrons. The lowest BCUT2D eigenvalue weighted by Crippen LogP contribution is -2.44. The number of aryl methyl sites for hydroxylation is 1. The van der Waals surface area contributed by atoms with Crippen molar-refractivity contribution in [2.24, 2.45) is 0 Å². The van der Waals surface area contributed by atoms with E-state index in [0.29, 0.717) is 19.4 Å². The van der Waals surface area contributed by atoms with E-state index in [1.165, 1.54) is 0 Å². The molecule has 0 unspecified atom stereocenters. The largest absolute Gasteiger partial charge is 0.497 e. The summed E-state index contributed by atoms with van der Waals surface area (Å²) in [5.41, 5.74) is 1.92. The summed E-state index contributed by atoms with van der Waals surface area (Å²) in [6, 6.07) is 14.7. The van der Waals surface area contributed by atoms with Crippen LogP contribution in [0.4, 0.5) is 4.79 Å². The van der Waals surface area contributed by atoms with E-state index in [9.17, 15) is 14.4 Å². The summed E-state index contributed by atoms with van der Waals surface area (Å²) in [4.78, 5) is 38.8. The third-order valence-corrected chi connectivity index (χ3v) is 5.62. The molecule has 2 N–H and O–H groups in total. The molecule has 4 rings (SSSR count). The molecule has 7 heteroatoms.